The Kier molecular flexibility index (Phi) is 4.62. The molecule has 0 saturated heterocycles. The van der Waals surface area contributed by atoms with Crippen molar-refractivity contribution in [3.05, 3.63) is 36.2 Å². The van der Waals surface area contributed by atoms with E-state index in [4.69, 9.17) is 4.74 Å². The maximum absolute atomic E-state index is 12.5. The Labute approximate surface area is 133 Å². The predicted molar refractivity (Wildman–Crippen MR) is 83.7 cm³/mol. The quantitative estimate of drug-likeness (QED) is 0.792. The number of carbonyl (C=O) groups excluding carboxylic acids is 1. The molecule has 1 amide bonds. The molecule has 1 aromatic heterocycles. The second-order valence-electron chi connectivity index (χ2n) is 5.14. The third kappa shape index (κ3) is 3.59. The van der Waals surface area contributed by atoms with E-state index < -0.39 is 0 Å². The van der Waals surface area contributed by atoms with Crippen LogP contribution in [0.2, 0.25) is 0 Å². The van der Waals surface area contributed by atoms with Gasteiger partial charge in [-0.3, -0.25) is 9.89 Å². The predicted octanol–water partition coefficient (Wildman–Crippen LogP) is 2.10. The first-order valence-corrected chi connectivity index (χ1v) is 8.16. The molecule has 1 aromatic carbocycles. The van der Waals surface area contributed by atoms with Gasteiger partial charge in [0.2, 0.25) is 5.91 Å². The summed E-state index contributed by atoms with van der Waals surface area (Å²) >= 11 is 1.38. The summed E-state index contributed by atoms with van der Waals surface area (Å²) in [4.78, 5) is 18.5. The van der Waals surface area contributed by atoms with Crippen molar-refractivity contribution in [2.24, 2.45) is 0 Å². The molecule has 0 spiro atoms. The highest BCUT2D eigenvalue weighted by molar-refractivity contribution is 7.99. The van der Waals surface area contributed by atoms with Crippen LogP contribution in [0.5, 0.6) is 5.75 Å². The standard InChI is InChI=1S/C15H18N4O2S/c1-21-13-5-3-2-4-11(13)8-19(12-6-7-12)14(20)9-22-15-16-10-17-18-15/h2-5,10,12H,6-9H2,1H3,(H,16,17,18). The van der Waals surface area contributed by atoms with E-state index >= 15 is 0 Å². The minimum Gasteiger partial charge on any atom is -0.496 e. The number of aromatic nitrogens is 3. The van der Waals surface area contributed by atoms with Gasteiger partial charge in [0.15, 0.2) is 5.16 Å². The number of H-pyrrole nitrogens is 1. The van der Waals surface area contributed by atoms with Gasteiger partial charge in [-0.1, -0.05) is 30.0 Å². The van der Waals surface area contributed by atoms with Gasteiger partial charge < -0.3 is 9.64 Å². The summed E-state index contributed by atoms with van der Waals surface area (Å²) in [7, 11) is 1.65. The molecule has 1 aliphatic rings. The van der Waals surface area contributed by atoms with E-state index in [2.05, 4.69) is 15.2 Å². The number of hydrogen-bond acceptors (Lipinski definition) is 5. The molecule has 0 atom stereocenters. The van der Waals surface area contributed by atoms with Gasteiger partial charge in [-0.05, 0) is 18.9 Å². The number of carbonyl (C=O) groups is 1. The molecule has 1 N–H and O–H groups in total. The van der Waals surface area contributed by atoms with Crippen molar-refractivity contribution in [1.82, 2.24) is 20.1 Å². The molecular formula is C15H18N4O2S. The number of nitrogens with zero attached hydrogens (tertiary/aromatic N) is 3. The van der Waals surface area contributed by atoms with E-state index in [0.717, 1.165) is 24.2 Å². The zero-order valence-electron chi connectivity index (χ0n) is 12.4. The minimum absolute atomic E-state index is 0.120. The number of para-hydroxylation sites is 1. The molecule has 1 saturated carbocycles. The summed E-state index contributed by atoms with van der Waals surface area (Å²) in [5, 5.41) is 7.21. The fourth-order valence-corrected chi connectivity index (χ4v) is 2.97. The first kappa shape index (κ1) is 14.9. The number of nitrogens with one attached hydrogen (secondary N) is 1. The molecule has 0 bridgehead atoms. The molecule has 0 radical (unpaired) electrons. The number of rotatable bonds is 7. The van der Waals surface area contributed by atoms with Crippen LogP contribution in [0.3, 0.4) is 0 Å². The van der Waals surface area contributed by atoms with E-state index in [0.29, 0.717) is 23.5 Å². The van der Waals surface area contributed by atoms with Gasteiger partial charge >= 0.3 is 0 Å². The second kappa shape index (κ2) is 6.83. The second-order valence-corrected chi connectivity index (χ2v) is 6.11. The van der Waals surface area contributed by atoms with Crippen molar-refractivity contribution in [1.29, 1.82) is 0 Å². The number of benzene rings is 1. The first-order valence-electron chi connectivity index (χ1n) is 7.17. The van der Waals surface area contributed by atoms with Gasteiger partial charge in [0.1, 0.15) is 12.1 Å². The SMILES string of the molecule is COc1ccccc1CN(C(=O)CSc1ncn[nH]1)C1CC1. The van der Waals surface area contributed by atoms with Crippen molar-refractivity contribution in [2.75, 3.05) is 12.9 Å². The topological polar surface area (TPSA) is 71.1 Å². The average molecular weight is 318 g/mol. The number of aromatic amines is 1. The molecule has 2 aromatic rings. The lowest BCUT2D eigenvalue weighted by molar-refractivity contribution is -0.129. The zero-order chi connectivity index (χ0) is 15.4. The van der Waals surface area contributed by atoms with Gasteiger partial charge in [0.05, 0.1) is 12.9 Å². The highest BCUT2D eigenvalue weighted by atomic mass is 32.2. The van der Waals surface area contributed by atoms with Gasteiger partial charge in [0.25, 0.3) is 0 Å². The molecule has 1 heterocycles. The number of methoxy groups -OCH3 is 1. The first-order chi connectivity index (χ1) is 10.8. The van der Waals surface area contributed by atoms with Crippen molar-refractivity contribution in [2.45, 2.75) is 30.6 Å². The lowest BCUT2D eigenvalue weighted by Gasteiger charge is -2.23. The fraction of sp³-hybridized carbons (Fsp3) is 0.400. The summed E-state index contributed by atoms with van der Waals surface area (Å²) < 4.78 is 5.38. The maximum Gasteiger partial charge on any atom is 0.233 e. The summed E-state index contributed by atoms with van der Waals surface area (Å²) in [5.74, 6) is 1.31. The Morgan fingerprint density at radius 1 is 1.45 bits per heavy atom. The number of ether oxygens (including phenoxy) is 1. The fourth-order valence-electron chi connectivity index (χ4n) is 2.30. The molecule has 0 unspecified atom stereocenters. The third-order valence-electron chi connectivity index (χ3n) is 3.57. The Balaban J connectivity index is 1.66. The van der Waals surface area contributed by atoms with E-state index in [1.165, 1.54) is 18.1 Å². The van der Waals surface area contributed by atoms with Crippen molar-refractivity contribution >= 4 is 17.7 Å². The smallest absolute Gasteiger partial charge is 0.233 e. The molecule has 116 valence electrons. The minimum atomic E-state index is 0.120. The van der Waals surface area contributed by atoms with Crippen LogP contribution >= 0.6 is 11.8 Å². The average Bonchev–Trinajstić information content (AvgIpc) is 3.25. The largest absolute Gasteiger partial charge is 0.496 e. The van der Waals surface area contributed by atoms with Crippen molar-refractivity contribution < 1.29 is 9.53 Å². The van der Waals surface area contributed by atoms with Crippen LogP contribution in [0.4, 0.5) is 0 Å². The van der Waals surface area contributed by atoms with E-state index in [-0.39, 0.29) is 5.91 Å². The van der Waals surface area contributed by atoms with Gasteiger partial charge in [-0.25, -0.2) is 4.98 Å². The van der Waals surface area contributed by atoms with Crippen molar-refractivity contribution in [3.63, 3.8) is 0 Å². The number of amides is 1. The lowest BCUT2D eigenvalue weighted by Crippen LogP contribution is -2.34. The van der Waals surface area contributed by atoms with E-state index in [1.54, 1.807) is 7.11 Å². The summed E-state index contributed by atoms with van der Waals surface area (Å²) in [6, 6.07) is 8.19. The van der Waals surface area contributed by atoms with Crippen LogP contribution in [-0.2, 0) is 11.3 Å². The number of hydrogen-bond donors (Lipinski definition) is 1. The molecule has 1 aliphatic carbocycles. The van der Waals surface area contributed by atoms with Crippen LogP contribution in [0, 0.1) is 0 Å². The van der Waals surface area contributed by atoms with Crippen LogP contribution in [0.1, 0.15) is 18.4 Å². The molecule has 0 aliphatic heterocycles. The Morgan fingerprint density at radius 2 is 2.27 bits per heavy atom. The Hall–Kier alpha value is -2.02. The summed E-state index contributed by atoms with van der Waals surface area (Å²) in [6.45, 7) is 0.588. The van der Waals surface area contributed by atoms with Gasteiger partial charge in [0, 0.05) is 18.2 Å². The molecule has 6 nitrogen and oxygen atoms in total. The van der Waals surface area contributed by atoms with Crippen LogP contribution in [-0.4, -0.2) is 44.9 Å². The Bertz CT molecular complexity index is 628. The lowest BCUT2D eigenvalue weighted by atomic mass is 10.2. The van der Waals surface area contributed by atoms with Crippen molar-refractivity contribution in [3.8, 4) is 5.75 Å². The van der Waals surface area contributed by atoms with Crippen LogP contribution in [0.15, 0.2) is 35.7 Å². The Morgan fingerprint density at radius 3 is 2.95 bits per heavy atom. The molecule has 3 rings (SSSR count). The normalized spacial score (nSPS) is 13.9. The van der Waals surface area contributed by atoms with E-state index in [9.17, 15) is 4.79 Å². The molecule has 1 fully saturated rings. The molecular weight excluding hydrogens is 300 g/mol. The summed E-state index contributed by atoms with van der Waals surface area (Å²) in [6.07, 6.45) is 3.60. The molecule has 22 heavy (non-hydrogen) atoms. The zero-order valence-corrected chi connectivity index (χ0v) is 13.2. The van der Waals surface area contributed by atoms with E-state index in [1.807, 2.05) is 29.2 Å². The number of thioether (sulfide) groups is 1. The highest BCUT2D eigenvalue weighted by Crippen LogP contribution is 2.31. The van der Waals surface area contributed by atoms with Crippen LogP contribution in [0.25, 0.3) is 0 Å². The molecule has 7 heteroatoms. The van der Waals surface area contributed by atoms with Gasteiger partial charge in [-0.2, -0.15) is 5.10 Å². The summed E-state index contributed by atoms with van der Waals surface area (Å²) in [5.41, 5.74) is 1.04. The third-order valence-corrected chi connectivity index (χ3v) is 4.43. The van der Waals surface area contributed by atoms with Gasteiger partial charge in [-0.15, -0.1) is 0 Å². The monoisotopic (exact) mass is 318 g/mol. The highest BCUT2D eigenvalue weighted by Gasteiger charge is 2.32. The maximum atomic E-state index is 12.5. The van der Waals surface area contributed by atoms with Crippen LogP contribution < -0.4 is 4.74 Å².